The highest BCUT2D eigenvalue weighted by molar-refractivity contribution is 7.89. The summed E-state index contributed by atoms with van der Waals surface area (Å²) in [6.07, 6.45) is 4.45. The summed E-state index contributed by atoms with van der Waals surface area (Å²) in [7, 11) is -3.30. The predicted molar refractivity (Wildman–Crippen MR) is 69.6 cm³/mol. The topological polar surface area (TPSA) is 58.2 Å². The van der Waals surface area contributed by atoms with Gasteiger partial charge in [-0.25, -0.2) is 13.1 Å². The Morgan fingerprint density at radius 3 is 2.17 bits per heavy atom. The van der Waals surface area contributed by atoms with Crippen LogP contribution in [-0.4, -0.2) is 20.5 Å². The monoisotopic (exact) mass is 266 g/mol. The van der Waals surface area contributed by atoms with E-state index in [1.54, 1.807) is 12.1 Å². The van der Waals surface area contributed by atoms with Gasteiger partial charge in [0.05, 0.1) is 4.90 Å². The molecular weight excluding hydrogens is 248 g/mol. The second-order valence-corrected chi connectivity index (χ2v) is 6.91. The van der Waals surface area contributed by atoms with Crippen molar-refractivity contribution >= 4 is 10.0 Å². The fourth-order valence-corrected chi connectivity index (χ4v) is 3.13. The van der Waals surface area contributed by atoms with Crippen LogP contribution in [0.15, 0.2) is 29.2 Å². The Labute approximate surface area is 108 Å². The van der Waals surface area contributed by atoms with Crippen LogP contribution in [-0.2, 0) is 16.6 Å². The molecule has 4 nitrogen and oxygen atoms in total. The van der Waals surface area contributed by atoms with Gasteiger partial charge in [0.25, 0.3) is 0 Å². The molecule has 1 aromatic rings. The third kappa shape index (κ3) is 3.10. The zero-order valence-corrected chi connectivity index (χ0v) is 11.0. The maximum Gasteiger partial charge on any atom is 0.240 e. The lowest BCUT2D eigenvalue weighted by Crippen LogP contribution is -2.25. The third-order valence-corrected chi connectivity index (χ3v) is 4.84. The van der Waals surface area contributed by atoms with Crippen molar-refractivity contribution in [2.24, 2.45) is 0 Å². The minimum Gasteiger partial charge on any atom is -0.310 e. The minimum atomic E-state index is -3.30. The maximum atomic E-state index is 11.9. The molecule has 0 bridgehead atoms. The van der Waals surface area contributed by atoms with Crippen LogP contribution < -0.4 is 10.0 Å². The average Bonchev–Trinajstić information content (AvgIpc) is 3.21. The van der Waals surface area contributed by atoms with E-state index in [1.807, 2.05) is 12.1 Å². The van der Waals surface area contributed by atoms with Gasteiger partial charge in [-0.2, -0.15) is 0 Å². The summed E-state index contributed by atoms with van der Waals surface area (Å²) < 4.78 is 26.6. The summed E-state index contributed by atoms with van der Waals surface area (Å²) in [4.78, 5) is 0.365. The Hall–Kier alpha value is -0.910. The van der Waals surface area contributed by atoms with E-state index in [-0.39, 0.29) is 6.04 Å². The summed E-state index contributed by atoms with van der Waals surface area (Å²) in [5, 5.41) is 3.41. The molecule has 2 aliphatic rings. The molecule has 2 fully saturated rings. The lowest BCUT2D eigenvalue weighted by Gasteiger charge is -2.07. The molecule has 0 aliphatic heterocycles. The number of benzene rings is 1. The van der Waals surface area contributed by atoms with Crippen LogP contribution in [0.2, 0.25) is 0 Å². The Kier molecular flexibility index (Phi) is 3.13. The molecule has 1 aromatic carbocycles. The summed E-state index contributed by atoms with van der Waals surface area (Å²) >= 11 is 0. The van der Waals surface area contributed by atoms with Crippen LogP contribution in [0.4, 0.5) is 0 Å². The van der Waals surface area contributed by atoms with E-state index < -0.39 is 10.0 Å². The Bertz CT molecular complexity index is 516. The number of sulfonamides is 1. The minimum absolute atomic E-state index is 0.159. The fourth-order valence-electron chi connectivity index (χ4n) is 1.82. The molecule has 2 saturated carbocycles. The molecule has 0 spiro atoms. The van der Waals surface area contributed by atoms with E-state index in [2.05, 4.69) is 10.0 Å². The average molecular weight is 266 g/mol. The maximum absolute atomic E-state index is 11.9. The zero-order valence-electron chi connectivity index (χ0n) is 10.2. The van der Waals surface area contributed by atoms with Gasteiger partial charge in [0.1, 0.15) is 0 Å². The van der Waals surface area contributed by atoms with Crippen LogP contribution in [0.1, 0.15) is 31.2 Å². The second-order valence-electron chi connectivity index (χ2n) is 5.19. The second kappa shape index (κ2) is 4.64. The van der Waals surface area contributed by atoms with Crippen molar-refractivity contribution in [2.45, 2.75) is 49.2 Å². The van der Waals surface area contributed by atoms with Gasteiger partial charge < -0.3 is 5.32 Å². The van der Waals surface area contributed by atoms with Crippen molar-refractivity contribution in [2.75, 3.05) is 0 Å². The highest BCUT2D eigenvalue weighted by Gasteiger charge is 2.27. The summed E-state index contributed by atoms with van der Waals surface area (Å²) in [6, 6.07) is 7.98. The van der Waals surface area contributed by atoms with E-state index in [1.165, 1.54) is 12.8 Å². The first-order valence-electron chi connectivity index (χ1n) is 6.48. The zero-order chi connectivity index (χ0) is 12.6. The predicted octanol–water partition coefficient (Wildman–Crippen LogP) is 1.38. The van der Waals surface area contributed by atoms with Crippen molar-refractivity contribution in [1.29, 1.82) is 0 Å². The highest BCUT2D eigenvalue weighted by atomic mass is 32.2. The molecule has 0 aromatic heterocycles. The molecule has 3 rings (SSSR count). The van der Waals surface area contributed by atoms with Gasteiger partial charge in [0.2, 0.25) is 10.0 Å². The van der Waals surface area contributed by atoms with Gasteiger partial charge in [-0.1, -0.05) is 12.1 Å². The van der Waals surface area contributed by atoms with Gasteiger partial charge in [-0.3, -0.25) is 0 Å². The van der Waals surface area contributed by atoms with Gasteiger partial charge in [0.15, 0.2) is 0 Å². The Balaban J connectivity index is 1.65. The van der Waals surface area contributed by atoms with Crippen LogP contribution in [0.5, 0.6) is 0 Å². The molecule has 0 atom stereocenters. The quantitative estimate of drug-likeness (QED) is 0.818. The van der Waals surface area contributed by atoms with Crippen LogP contribution in [0.25, 0.3) is 0 Å². The van der Waals surface area contributed by atoms with Crippen LogP contribution in [0, 0.1) is 0 Å². The SMILES string of the molecule is O=S(=O)(NC1CC1)c1ccc(CNC2CC2)cc1. The van der Waals surface area contributed by atoms with Crippen LogP contribution in [0.3, 0.4) is 0 Å². The third-order valence-electron chi connectivity index (χ3n) is 3.31. The van der Waals surface area contributed by atoms with Gasteiger partial charge in [-0.05, 0) is 43.4 Å². The van der Waals surface area contributed by atoms with Gasteiger partial charge >= 0.3 is 0 Å². The van der Waals surface area contributed by atoms with E-state index in [0.29, 0.717) is 10.9 Å². The molecule has 0 radical (unpaired) electrons. The molecule has 0 unspecified atom stereocenters. The largest absolute Gasteiger partial charge is 0.310 e. The molecule has 18 heavy (non-hydrogen) atoms. The fraction of sp³-hybridized carbons (Fsp3) is 0.538. The molecule has 2 N–H and O–H groups in total. The summed E-state index contributed by atoms with van der Waals surface area (Å²) in [6.45, 7) is 0.820. The number of nitrogens with one attached hydrogen (secondary N) is 2. The molecule has 5 heteroatoms. The Morgan fingerprint density at radius 1 is 1.00 bits per heavy atom. The van der Waals surface area contributed by atoms with Crippen molar-refractivity contribution in [3.8, 4) is 0 Å². The number of rotatable bonds is 6. The molecular formula is C13H18N2O2S. The molecule has 0 amide bonds. The molecule has 0 saturated heterocycles. The first kappa shape index (κ1) is 12.1. The Morgan fingerprint density at radius 2 is 1.61 bits per heavy atom. The van der Waals surface area contributed by atoms with E-state index in [0.717, 1.165) is 24.9 Å². The highest BCUT2D eigenvalue weighted by Crippen LogP contribution is 2.22. The first-order chi connectivity index (χ1) is 8.63. The lowest BCUT2D eigenvalue weighted by atomic mass is 10.2. The molecule has 2 aliphatic carbocycles. The van der Waals surface area contributed by atoms with E-state index in [4.69, 9.17) is 0 Å². The lowest BCUT2D eigenvalue weighted by molar-refractivity contribution is 0.581. The standard InChI is InChI=1S/C13H18N2O2S/c16-18(17,15-12-5-6-12)13-7-1-10(2-8-13)9-14-11-3-4-11/h1-2,7-8,11-12,14-15H,3-6,9H2. The van der Waals surface area contributed by atoms with Crippen molar-refractivity contribution in [1.82, 2.24) is 10.0 Å². The van der Waals surface area contributed by atoms with E-state index in [9.17, 15) is 8.42 Å². The van der Waals surface area contributed by atoms with Crippen molar-refractivity contribution < 1.29 is 8.42 Å². The number of hydrogen-bond donors (Lipinski definition) is 2. The van der Waals surface area contributed by atoms with Gasteiger partial charge in [-0.15, -0.1) is 0 Å². The van der Waals surface area contributed by atoms with Gasteiger partial charge in [0, 0.05) is 18.6 Å². The number of hydrogen-bond acceptors (Lipinski definition) is 3. The summed E-state index contributed by atoms with van der Waals surface area (Å²) in [5.41, 5.74) is 1.13. The van der Waals surface area contributed by atoms with E-state index >= 15 is 0 Å². The first-order valence-corrected chi connectivity index (χ1v) is 7.96. The smallest absolute Gasteiger partial charge is 0.240 e. The normalized spacial score (nSPS) is 20.0. The van der Waals surface area contributed by atoms with Crippen molar-refractivity contribution in [3.05, 3.63) is 29.8 Å². The van der Waals surface area contributed by atoms with Crippen LogP contribution >= 0.6 is 0 Å². The molecule has 98 valence electrons. The van der Waals surface area contributed by atoms with Crippen molar-refractivity contribution in [3.63, 3.8) is 0 Å². The summed E-state index contributed by atoms with van der Waals surface area (Å²) in [5.74, 6) is 0. The molecule has 0 heterocycles.